The number of nitrogens with zero attached hydrogens (tertiary/aromatic N) is 1. The molecule has 0 radical (unpaired) electrons. The summed E-state index contributed by atoms with van der Waals surface area (Å²) in [5.74, 6) is -0.790. The molecule has 1 aliphatic heterocycles. The maximum Gasteiger partial charge on any atom is 0.332 e. The maximum atomic E-state index is 11.0. The van der Waals surface area contributed by atoms with Crippen LogP contribution in [0.3, 0.4) is 0 Å². The standard InChI is InChI=1S/C16H18N2O2.BrH/c19-16(20)13-4-3-8-18(11-13)9-7-12-10-17-15-6-2-1-5-14(12)15;/h1-2,4-6,10,17H,3,7-9,11H2,(H,19,20);1H. The number of benzene rings is 1. The predicted molar refractivity (Wildman–Crippen MR) is 89.1 cm³/mol. The van der Waals surface area contributed by atoms with Crippen molar-refractivity contribution < 1.29 is 9.90 Å². The molecule has 2 aromatic rings. The van der Waals surface area contributed by atoms with Crippen LogP contribution in [0.15, 0.2) is 42.1 Å². The number of aliphatic carboxylic acids is 1. The second-order valence-electron chi connectivity index (χ2n) is 5.21. The second kappa shape index (κ2) is 6.91. The zero-order valence-electron chi connectivity index (χ0n) is 11.7. The summed E-state index contributed by atoms with van der Waals surface area (Å²) in [5, 5.41) is 10.3. The number of carbonyl (C=O) groups is 1. The number of nitrogens with one attached hydrogen (secondary N) is 1. The molecule has 0 fully saturated rings. The average Bonchev–Trinajstić information content (AvgIpc) is 2.89. The number of carboxylic acids is 1. The van der Waals surface area contributed by atoms with Gasteiger partial charge in [0.1, 0.15) is 0 Å². The molecule has 3 rings (SSSR count). The molecule has 1 aromatic heterocycles. The van der Waals surface area contributed by atoms with Gasteiger partial charge in [-0.1, -0.05) is 24.3 Å². The lowest BCUT2D eigenvalue weighted by Gasteiger charge is -2.25. The number of halogens is 1. The molecule has 0 amide bonds. The predicted octanol–water partition coefficient (Wildman–Crippen LogP) is 3.01. The topological polar surface area (TPSA) is 56.3 Å². The summed E-state index contributed by atoms with van der Waals surface area (Å²) in [7, 11) is 0. The molecular formula is C16H19BrN2O2. The summed E-state index contributed by atoms with van der Waals surface area (Å²) in [5.41, 5.74) is 2.98. The summed E-state index contributed by atoms with van der Waals surface area (Å²) in [6.07, 6.45) is 5.67. The van der Waals surface area contributed by atoms with Crippen molar-refractivity contribution in [1.29, 1.82) is 0 Å². The first-order chi connectivity index (χ1) is 9.74. The van der Waals surface area contributed by atoms with Crippen LogP contribution >= 0.6 is 17.0 Å². The molecule has 1 aromatic carbocycles. The lowest BCUT2D eigenvalue weighted by molar-refractivity contribution is -0.133. The van der Waals surface area contributed by atoms with Gasteiger partial charge >= 0.3 is 5.97 Å². The van der Waals surface area contributed by atoms with Crippen molar-refractivity contribution in [2.45, 2.75) is 12.8 Å². The van der Waals surface area contributed by atoms with Gasteiger partial charge in [0, 0.05) is 42.3 Å². The van der Waals surface area contributed by atoms with E-state index in [1.165, 1.54) is 10.9 Å². The quantitative estimate of drug-likeness (QED) is 0.890. The Morgan fingerprint density at radius 2 is 2.14 bits per heavy atom. The summed E-state index contributed by atoms with van der Waals surface area (Å²) < 4.78 is 0. The maximum absolute atomic E-state index is 11.0. The van der Waals surface area contributed by atoms with Gasteiger partial charge in [0.05, 0.1) is 0 Å². The highest BCUT2D eigenvalue weighted by molar-refractivity contribution is 8.93. The van der Waals surface area contributed by atoms with Crippen molar-refractivity contribution in [1.82, 2.24) is 9.88 Å². The average molecular weight is 351 g/mol. The van der Waals surface area contributed by atoms with Crippen molar-refractivity contribution in [3.8, 4) is 0 Å². The van der Waals surface area contributed by atoms with Crippen LogP contribution in [0.1, 0.15) is 12.0 Å². The van der Waals surface area contributed by atoms with Gasteiger partial charge < -0.3 is 10.1 Å². The minimum absolute atomic E-state index is 0. The first-order valence-electron chi connectivity index (χ1n) is 6.94. The third-order valence-electron chi connectivity index (χ3n) is 3.88. The summed E-state index contributed by atoms with van der Waals surface area (Å²) in [6.45, 7) is 2.39. The van der Waals surface area contributed by atoms with Crippen LogP contribution in [0.25, 0.3) is 10.9 Å². The van der Waals surface area contributed by atoms with E-state index in [0.29, 0.717) is 12.1 Å². The Kier molecular flexibility index (Phi) is 5.20. The van der Waals surface area contributed by atoms with Crippen LogP contribution in [0, 0.1) is 0 Å². The Labute approximate surface area is 134 Å². The first-order valence-corrected chi connectivity index (χ1v) is 6.94. The molecule has 1 aliphatic rings. The highest BCUT2D eigenvalue weighted by Crippen LogP contribution is 2.19. The molecule has 0 atom stereocenters. The van der Waals surface area contributed by atoms with Crippen molar-refractivity contribution in [3.63, 3.8) is 0 Å². The van der Waals surface area contributed by atoms with Gasteiger partial charge in [-0.25, -0.2) is 4.79 Å². The van der Waals surface area contributed by atoms with E-state index >= 15 is 0 Å². The van der Waals surface area contributed by atoms with Crippen LogP contribution in [0.5, 0.6) is 0 Å². The number of hydrogen-bond donors (Lipinski definition) is 2. The first kappa shape index (κ1) is 15.8. The van der Waals surface area contributed by atoms with Gasteiger partial charge in [0.2, 0.25) is 0 Å². The molecule has 0 aliphatic carbocycles. The number of hydrogen-bond acceptors (Lipinski definition) is 2. The van der Waals surface area contributed by atoms with Crippen LogP contribution in [-0.2, 0) is 11.2 Å². The molecule has 5 heteroatoms. The van der Waals surface area contributed by atoms with Crippen molar-refractivity contribution in [2.24, 2.45) is 0 Å². The minimum Gasteiger partial charge on any atom is -0.478 e. The molecular weight excluding hydrogens is 332 g/mol. The summed E-state index contributed by atoms with van der Waals surface area (Å²) in [4.78, 5) is 16.5. The molecule has 4 nitrogen and oxygen atoms in total. The van der Waals surface area contributed by atoms with Gasteiger partial charge in [-0.3, -0.25) is 4.90 Å². The van der Waals surface area contributed by atoms with Gasteiger partial charge in [0.25, 0.3) is 0 Å². The van der Waals surface area contributed by atoms with E-state index in [1.807, 2.05) is 18.2 Å². The molecule has 0 unspecified atom stereocenters. The molecule has 112 valence electrons. The Balaban J connectivity index is 0.00000161. The summed E-state index contributed by atoms with van der Waals surface area (Å²) in [6, 6.07) is 8.27. The number of H-pyrrole nitrogens is 1. The minimum atomic E-state index is -0.790. The highest BCUT2D eigenvalue weighted by Gasteiger charge is 2.17. The Hall–Kier alpha value is -1.59. The fourth-order valence-corrected chi connectivity index (χ4v) is 2.77. The lowest BCUT2D eigenvalue weighted by atomic mass is 10.1. The van der Waals surface area contributed by atoms with E-state index in [4.69, 9.17) is 5.11 Å². The number of carboxylic acid groups (broad SMARTS) is 1. The summed E-state index contributed by atoms with van der Waals surface area (Å²) >= 11 is 0. The van der Waals surface area contributed by atoms with Crippen LogP contribution < -0.4 is 0 Å². The van der Waals surface area contributed by atoms with Gasteiger partial charge in [-0.2, -0.15) is 0 Å². The van der Waals surface area contributed by atoms with Gasteiger partial charge in [-0.05, 0) is 24.5 Å². The molecule has 2 heterocycles. The molecule has 21 heavy (non-hydrogen) atoms. The fraction of sp³-hybridized carbons (Fsp3) is 0.312. The Morgan fingerprint density at radius 1 is 1.33 bits per heavy atom. The van der Waals surface area contributed by atoms with E-state index in [0.717, 1.165) is 31.4 Å². The highest BCUT2D eigenvalue weighted by atomic mass is 79.9. The van der Waals surface area contributed by atoms with Crippen LogP contribution in [0.2, 0.25) is 0 Å². The molecule has 0 spiro atoms. The SMILES string of the molecule is Br.O=C(O)C1=CCCN(CCc2c[nH]c3ccccc23)C1. The normalized spacial score (nSPS) is 15.5. The van der Waals surface area contributed by atoms with Gasteiger partial charge in [0.15, 0.2) is 0 Å². The number of fused-ring (bicyclic) bond motifs is 1. The molecule has 0 saturated heterocycles. The molecule has 0 bridgehead atoms. The number of aromatic nitrogens is 1. The van der Waals surface area contributed by atoms with E-state index < -0.39 is 5.97 Å². The van der Waals surface area contributed by atoms with Crippen molar-refractivity contribution in [3.05, 3.63) is 47.7 Å². The number of para-hydroxylation sites is 1. The van der Waals surface area contributed by atoms with Crippen molar-refractivity contribution in [2.75, 3.05) is 19.6 Å². The third-order valence-corrected chi connectivity index (χ3v) is 3.88. The van der Waals surface area contributed by atoms with Crippen LogP contribution in [-0.4, -0.2) is 40.6 Å². The Morgan fingerprint density at radius 3 is 2.95 bits per heavy atom. The fourth-order valence-electron chi connectivity index (χ4n) is 2.77. The molecule has 0 saturated carbocycles. The van der Waals surface area contributed by atoms with Crippen molar-refractivity contribution >= 4 is 33.9 Å². The largest absolute Gasteiger partial charge is 0.478 e. The van der Waals surface area contributed by atoms with E-state index in [1.54, 1.807) is 0 Å². The lowest BCUT2D eigenvalue weighted by Crippen LogP contribution is -2.33. The van der Waals surface area contributed by atoms with E-state index in [9.17, 15) is 4.79 Å². The van der Waals surface area contributed by atoms with E-state index in [-0.39, 0.29) is 17.0 Å². The van der Waals surface area contributed by atoms with Gasteiger partial charge in [-0.15, -0.1) is 17.0 Å². The Bertz CT molecular complexity index is 663. The number of aromatic amines is 1. The monoisotopic (exact) mass is 350 g/mol. The van der Waals surface area contributed by atoms with E-state index in [2.05, 4.69) is 28.2 Å². The third kappa shape index (κ3) is 3.54. The zero-order valence-corrected chi connectivity index (χ0v) is 13.4. The zero-order chi connectivity index (χ0) is 13.9. The molecule has 2 N–H and O–H groups in total. The smallest absolute Gasteiger partial charge is 0.332 e. The number of rotatable bonds is 4. The van der Waals surface area contributed by atoms with Crippen LogP contribution in [0.4, 0.5) is 0 Å². The second-order valence-corrected chi connectivity index (χ2v) is 5.21.